The van der Waals surface area contributed by atoms with E-state index in [1.165, 1.54) is 5.56 Å². The largest absolute Gasteiger partial charge is 0.496 e. The van der Waals surface area contributed by atoms with Gasteiger partial charge in [-0.3, -0.25) is 0 Å². The number of para-hydroxylation sites is 1. The van der Waals surface area contributed by atoms with Crippen molar-refractivity contribution in [2.45, 2.75) is 6.54 Å². The standard InChI is InChI=1S/C15H27N3O/c1-17(2)11-9-16-10-12-18(3)13-14-7-5-6-8-15(14)19-4/h5-8,16H,9-13H2,1-4H3. The van der Waals surface area contributed by atoms with Crippen LogP contribution in [0, 0.1) is 0 Å². The van der Waals surface area contributed by atoms with E-state index in [0.717, 1.165) is 38.5 Å². The number of hydrogen-bond acceptors (Lipinski definition) is 4. The molecule has 0 fully saturated rings. The van der Waals surface area contributed by atoms with Gasteiger partial charge >= 0.3 is 0 Å². The highest BCUT2D eigenvalue weighted by molar-refractivity contribution is 5.32. The van der Waals surface area contributed by atoms with E-state index in [1.54, 1.807) is 7.11 Å². The molecule has 0 aliphatic carbocycles. The maximum Gasteiger partial charge on any atom is 0.123 e. The summed E-state index contributed by atoms with van der Waals surface area (Å²) in [4.78, 5) is 4.49. The lowest BCUT2D eigenvalue weighted by molar-refractivity contribution is 0.311. The van der Waals surface area contributed by atoms with Crippen molar-refractivity contribution in [1.29, 1.82) is 0 Å². The van der Waals surface area contributed by atoms with Gasteiger partial charge in [-0.05, 0) is 27.2 Å². The van der Waals surface area contributed by atoms with Crippen molar-refractivity contribution < 1.29 is 4.74 Å². The quantitative estimate of drug-likeness (QED) is 0.681. The van der Waals surface area contributed by atoms with Crippen LogP contribution in [0.15, 0.2) is 24.3 Å². The molecule has 1 aromatic rings. The van der Waals surface area contributed by atoms with E-state index in [-0.39, 0.29) is 0 Å². The molecule has 0 saturated carbocycles. The van der Waals surface area contributed by atoms with Crippen LogP contribution in [-0.2, 0) is 6.54 Å². The molecular formula is C15H27N3O. The van der Waals surface area contributed by atoms with Crippen molar-refractivity contribution >= 4 is 0 Å². The average Bonchev–Trinajstić information content (AvgIpc) is 2.38. The van der Waals surface area contributed by atoms with E-state index < -0.39 is 0 Å². The second-order valence-corrected chi connectivity index (χ2v) is 5.10. The highest BCUT2D eigenvalue weighted by Gasteiger charge is 2.05. The molecule has 4 nitrogen and oxygen atoms in total. The monoisotopic (exact) mass is 265 g/mol. The van der Waals surface area contributed by atoms with E-state index in [2.05, 4.69) is 48.4 Å². The van der Waals surface area contributed by atoms with Crippen molar-refractivity contribution in [3.8, 4) is 5.75 Å². The summed E-state index contributed by atoms with van der Waals surface area (Å²) in [6, 6.07) is 8.19. The van der Waals surface area contributed by atoms with Crippen molar-refractivity contribution in [2.24, 2.45) is 0 Å². The Kier molecular flexibility index (Phi) is 7.48. The summed E-state index contributed by atoms with van der Waals surface area (Å²) < 4.78 is 5.37. The zero-order valence-electron chi connectivity index (χ0n) is 12.6. The topological polar surface area (TPSA) is 27.7 Å². The Hall–Kier alpha value is -1.10. The Morgan fingerprint density at radius 2 is 1.74 bits per heavy atom. The highest BCUT2D eigenvalue weighted by Crippen LogP contribution is 2.18. The van der Waals surface area contributed by atoms with Gasteiger partial charge in [0.25, 0.3) is 0 Å². The Labute approximate surface area is 117 Å². The predicted molar refractivity (Wildman–Crippen MR) is 80.8 cm³/mol. The van der Waals surface area contributed by atoms with Crippen molar-refractivity contribution in [2.75, 3.05) is 54.4 Å². The van der Waals surface area contributed by atoms with E-state index in [0.29, 0.717) is 0 Å². The zero-order chi connectivity index (χ0) is 14.1. The number of methoxy groups -OCH3 is 1. The fourth-order valence-corrected chi connectivity index (χ4v) is 1.90. The smallest absolute Gasteiger partial charge is 0.123 e. The molecule has 0 saturated heterocycles. The van der Waals surface area contributed by atoms with Crippen LogP contribution in [0.3, 0.4) is 0 Å². The molecule has 0 amide bonds. The molecule has 4 heteroatoms. The molecular weight excluding hydrogens is 238 g/mol. The van der Waals surface area contributed by atoms with Gasteiger partial charge in [-0.1, -0.05) is 18.2 Å². The molecule has 19 heavy (non-hydrogen) atoms. The van der Waals surface area contributed by atoms with E-state index in [9.17, 15) is 0 Å². The summed E-state index contributed by atoms with van der Waals surface area (Å²) in [6.07, 6.45) is 0. The number of hydrogen-bond donors (Lipinski definition) is 1. The fourth-order valence-electron chi connectivity index (χ4n) is 1.90. The molecule has 0 aliphatic rings. The summed E-state index contributed by atoms with van der Waals surface area (Å²) >= 11 is 0. The maximum atomic E-state index is 5.37. The molecule has 0 spiro atoms. The number of likely N-dealkylation sites (N-methyl/N-ethyl adjacent to an activating group) is 2. The Morgan fingerprint density at radius 3 is 2.42 bits per heavy atom. The average molecular weight is 265 g/mol. The lowest BCUT2D eigenvalue weighted by Crippen LogP contribution is -2.33. The number of nitrogens with zero attached hydrogens (tertiary/aromatic N) is 2. The number of ether oxygens (including phenoxy) is 1. The lowest BCUT2D eigenvalue weighted by atomic mass is 10.2. The minimum atomic E-state index is 0.916. The van der Waals surface area contributed by atoms with Crippen LogP contribution in [0.25, 0.3) is 0 Å². The van der Waals surface area contributed by atoms with Crippen molar-refractivity contribution in [3.63, 3.8) is 0 Å². The third-order valence-electron chi connectivity index (χ3n) is 3.04. The number of rotatable bonds is 9. The van der Waals surface area contributed by atoms with E-state index >= 15 is 0 Å². The first-order chi connectivity index (χ1) is 9.13. The summed E-state index contributed by atoms with van der Waals surface area (Å²) in [5.74, 6) is 0.968. The van der Waals surface area contributed by atoms with Gasteiger partial charge in [0.2, 0.25) is 0 Å². The van der Waals surface area contributed by atoms with Crippen molar-refractivity contribution in [1.82, 2.24) is 15.1 Å². The first kappa shape index (κ1) is 16.0. The van der Waals surface area contributed by atoms with E-state index in [1.807, 2.05) is 12.1 Å². The lowest BCUT2D eigenvalue weighted by Gasteiger charge is -2.19. The number of benzene rings is 1. The van der Waals surface area contributed by atoms with Crippen LogP contribution < -0.4 is 10.1 Å². The molecule has 1 N–H and O–H groups in total. The molecule has 1 rings (SSSR count). The van der Waals surface area contributed by atoms with Gasteiger partial charge in [0.15, 0.2) is 0 Å². The van der Waals surface area contributed by atoms with Crippen molar-refractivity contribution in [3.05, 3.63) is 29.8 Å². The van der Waals surface area contributed by atoms with Gasteiger partial charge in [0.1, 0.15) is 5.75 Å². The van der Waals surface area contributed by atoms with Crippen LogP contribution >= 0.6 is 0 Å². The highest BCUT2D eigenvalue weighted by atomic mass is 16.5. The van der Waals surface area contributed by atoms with Crippen LogP contribution in [-0.4, -0.2) is 64.2 Å². The number of nitrogens with one attached hydrogen (secondary N) is 1. The van der Waals surface area contributed by atoms with Crippen LogP contribution in [0.1, 0.15) is 5.56 Å². The molecule has 0 aromatic heterocycles. The minimum absolute atomic E-state index is 0.916. The van der Waals surface area contributed by atoms with Gasteiger partial charge in [-0.15, -0.1) is 0 Å². The molecule has 0 atom stereocenters. The maximum absolute atomic E-state index is 5.37. The summed E-state index contributed by atoms with van der Waals surface area (Å²) in [7, 11) is 8.05. The summed E-state index contributed by atoms with van der Waals surface area (Å²) in [5.41, 5.74) is 1.24. The first-order valence-electron chi connectivity index (χ1n) is 6.79. The molecule has 0 aliphatic heterocycles. The third kappa shape index (κ3) is 6.57. The summed E-state index contributed by atoms with van der Waals surface area (Å²) in [5, 5.41) is 3.45. The SMILES string of the molecule is COc1ccccc1CN(C)CCNCCN(C)C. The second kappa shape index (κ2) is 8.91. The van der Waals surface area contributed by atoms with Crippen LogP contribution in [0.5, 0.6) is 5.75 Å². The third-order valence-corrected chi connectivity index (χ3v) is 3.04. The van der Waals surface area contributed by atoms with Gasteiger partial charge in [0.05, 0.1) is 7.11 Å². The Balaban J connectivity index is 2.25. The molecule has 108 valence electrons. The first-order valence-corrected chi connectivity index (χ1v) is 6.79. The van der Waals surface area contributed by atoms with Gasteiger partial charge in [0, 0.05) is 38.3 Å². The zero-order valence-corrected chi connectivity index (χ0v) is 12.6. The predicted octanol–water partition coefficient (Wildman–Crippen LogP) is 1.28. The van der Waals surface area contributed by atoms with Gasteiger partial charge < -0.3 is 19.9 Å². The molecule has 0 radical (unpaired) electrons. The molecule has 0 bridgehead atoms. The van der Waals surface area contributed by atoms with Crippen LogP contribution in [0.2, 0.25) is 0 Å². The normalized spacial score (nSPS) is 11.3. The van der Waals surface area contributed by atoms with Crippen LogP contribution in [0.4, 0.5) is 0 Å². The molecule has 0 unspecified atom stereocenters. The van der Waals surface area contributed by atoms with E-state index in [4.69, 9.17) is 4.74 Å². The van der Waals surface area contributed by atoms with Gasteiger partial charge in [-0.2, -0.15) is 0 Å². The Morgan fingerprint density at radius 1 is 1.05 bits per heavy atom. The second-order valence-electron chi connectivity index (χ2n) is 5.10. The van der Waals surface area contributed by atoms with Gasteiger partial charge in [-0.25, -0.2) is 0 Å². The fraction of sp³-hybridized carbons (Fsp3) is 0.600. The summed E-state index contributed by atoms with van der Waals surface area (Å²) in [6.45, 7) is 5.08. The Bertz CT molecular complexity index is 355. The molecule has 1 aromatic carbocycles. The minimum Gasteiger partial charge on any atom is -0.496 e. The molecule has 0 heterocycles.